The minimum atomic E-state index is -0.412. The second-order valence-electron chi connectivity index (χ2n) is 13.3. The molecule has 0 N–H and O–H groups in total. The van der Waals surface area contributed by atoms with Gasteiger partial charge in [0.2, 0.25) is 0 Å². The Morgan fingerprint density at radius 3 is 1.64 bits per heavy atom. The van der Waals surface area contributed by atoms with Crippen molar-refractivity contribution in [2.45, 2.75) is 167 Å². The van der Waals surface area contributed by atoms with Crippen molar-refractivity contribution in [2.24, 2.45) is 0 Å². The summed E-state index contributed by atoms with van der Waals surface area (Å²) in [5.74, 6) is -0.529. The van der Waals surface area contributed by atoms with E-state index >= 15 is 0 Å². The predicted octanol–water partition coefficient (Wildman–Crippen LogP) is 7.68. The minimum absolute atomic E-state index is 0.110. The lowest BCUT2D eigenvalue weighted by atomic mass is 10.1. The highest BCUT2D eigenvalue weighted by molar-refractivity contribution is 5.69. The second-order valence-corrected chi connectivity index (χ2v) is 13.3. The molecule has 0 aromatic carbocycles. The lowest BCUT2D eigenvalue weighted by molar-refractivity contribution is -0.150. The molecular weight excluding hydrogens is 644 g/mol. The van der Waals surface area contributed by atoms with Crippen LogP contribution in [0.15, 0.2) is 0 Å². The molecule has 1 heterocycles. The quantitative estimate of drug-likeness (QED) is 0.0360. The molecular formula is C39H72O11. The van der Waals surface area contributed by atoms with E-state index in [0.29, 0.717) is 85.0 Å². The largest absolute Gasteiger partial charge is 0.466 e. The second kappa shape index (κ2) is 34.3. The van der Waals surface area contributed by atoms with Crippen LogP contribution in [0.5, 0.6) is 0 Å². The van der Waals surface area contributed by atoms with Gasteiger partial charge in [-0.25, -0.2) is 0 Å². The van der Waals surface area contributed by atoms with Gasteiger partial charge in [0.25, 0.3) is 0 Å². The Morgan fingerprint density at radius 2 is 1.00 bits per heavy atom. The van der Waals surface area contributed by atoms with Crippen LogP contribution in [0.3, 0.4) is 0 Å². The van der Waals surface area contributed by atoms with Crippen LogP contribution in [0.25, 0.3) is 0 Å². The molecule has 11 nitrogen and oxygen atoms in total. The van der Waals surface area contributed by atoms with Gasteiger partial charge < -0.3 is 37.9 Å². The van der Waals surface area contributed by atoms with E-state index in [2.05, 4.69) is 13.8 Å². The molecule has 3 atom stereocenters. The van der Waals surface area contributed by atoms with Gasteiger partial charge in [-0.1, -0.05) is 78.1 Å². The molecule has 1 rings (SSSR count). The average Bonchev–Trinajstić information content (AvgIpc) is 3.50. The third-order valence-corrected chi connectivity index (χ3v) is 8.68. The van der Waals surface area contributed by atoms with Crippen molar-refractivity contribution < 1.29 is 52.3 Å². The predicted molar refractivity (Wildman–Crippen MR) is 193 cm³/mol. The molecule has 1 fully saturated rings. The molecule has 0 bridgehead atoms. The number of rotatable bonds is 36. The van der Waals surface area contributed by atoms with Crippen molar-refractivity contribution >= 4 is 17.9 Å². The van der Waals surface area contributed by atoms with Crippen LogP contribution >= 0.6 is 0 Å². The molecule has 0 aromatic heterocycles. The third-order valence-electron chi connectivity index (χ3n) is 8.68. The average molecular weight is 717 g/mol. The molecule has 0 radical (unpaired) electrons. The van der Waals surface area contributed by atoms with E-state index in [4.69, 9.17) is 37.9 Å². The number of hydrogen-bond acceptors (Lipinski definition) is 11. The summed E-state index contributed by atoms with van der Waals surface area (Å²) in [6.45, 7) is 8.54. The standard InChI is InChI=1S/C39H72O11/c1-4-6-8-10-12-18-28-47-37(41)23-16-21-26-45-34-32-49-35(33-50-38(42)24-15-20-25-44-31-30-43-3)39(34)48-29-19-13-11-14-22-36(40)46-27-17-9-7-5-2/h34-35,39H,4-33H2,1-3H3. The van der Waals surface area contributed by atoms with Crippen molar-refractivity contribution in [1.82, 2.24) is 0 Å². The van der Waals surface area contributed by atoms with Crippen molar-refractivity contribution in [2.75, 3.05) is 66.6 Å². The lowest BCUT2D eigenvalue weighted by Crippen LogP contribution is -2.38. The zero-order chi connectivity index (χ0) is 36.3. The van der Waals surface area contributed by atoms with Gasteiger partial charge in [0.1, 0.15) is 24.9 Å². The van der Waals surface area contributed by atoms with Crippen LogP contribution in [-0.4, -0.2) is 103 Å². The molecule has 1 aliphatic rings. The summed E-state index contributed by atoms with van der Waals surface area (Å²) in [5, 5.41) is 0. The molecule has 0 saturated carbocycles. The fraction of sp³-hybridized carbons (Fsp3) is 0.923. The molecule has 0 aliphatic carbocycles. The number of methoxy groups -OCH3 is 1. The maximum atomic E-state index is 12.4. The van der Waals surface area contributed by atoms with E-state index in [1.165, 1.54) is 38.5 Å². The van der Waals surface area contributed by atoms with Gasteiger partial charge >= 0.3 is 17.9 Å². The Morgan fingerprint density at radius 1 is 0.520 bits per heavy atom. The topological polar surface area (TPSA) is 125 Å². The summed E-state index contributed by atoms with van der Waals surface area (Å²) in [6, 6.07) is 0. The van der Waals surface area contributed by atoms with Crippen molar-refractivity contribution in [3.05, 3.63) is 0 Å². The number of esters is 3. The smallest absolute Gasteiger partial charge is 0.305 e. The number of ether oxygens (including phenoxy) is 8. The summed E-state index contributed by atoms with van der Waals surface area (Å²) in [6.07, 6.45) is 17.8. The van der Waals surface area contributed by atoms with Gasteiger partial charge in [0, 0.05) is 46.2 Å². The Balaban J connectivity index is 2.36. The SMILES string of the molecule is CCCCCCCCOC(=O)CCCCOC1COC(COC(=O)CCCCOCCOC)C1OCCCCCCC(=O)OCCCCCC. The van der Waals surface area contributed by atoms with E-state index in [1.807, 2.05) is 0 Å². The summed E-state index contributed by atoms with van der Waals surface area (Å²) in [7, 11) is 1.63. The molecule has 0 amide bonds. The van der Waals surface area contributed by atoms with E-state index in [1.54, 1.807) is 7.11 Å². The Labute approximate surface area is 303 Å². The highest BCUT2D eigenvalue weighted by Crippen LogP contribution is 2.23. The fourth-order valence-electron chi connectivity index (χ4n) is 5.59. The zero-order valence-corrected chi connectivity index (χ0v) is 31.9. The van der Waals surface area contributed by atoms with Crippen LogP contribution in [0.1, 0.15) is 149 Å². The first-order valence-electron chi connectivity index (χ1n) is 19.9. The first-order valence-corrected chi connectivity index (χ1v) is 19.9. The Bertz CT molecular complexity index is 809. The maximum absolute atomic E-state index is 12.4. The van der Waals surface area contributed by atoms with E-state index in [-0.39, 0.29) is 36.7 Å². The summed E-state index contributed by atoms with van der Waals surface area (Å²) in [4.78, 5) is 36.4. The van der Waals surface area contributed by atoms with Gasteiger partial charge in [-0.05, 0) is 51.4 Å². The van der Waals surface area contributed by atoms with Crippen LogP contribution in [0.4, 0.5) is 0 Å². The van der Waals surface area contributed by atoms with Crippen LogP contribution < -0.4 is 0 Å². The van der Waals surface area contributed by atoms with Crippen LogP contribution in [-0.2, 0) is 52.3 Å². The normalized spacial score (nSPS) is 17.2. The number of carbonyl (C=O) groups is 3. The van der Waals surface area contributed by atoms with Gasteiger partial charge in [0.05, 0.1) is 33.0 Å². The van der Waals surface area contributed by atoms with Gasteiger partial charge in [-0.2, -0.15) is 0 Å². The third kappa shape index (κ3) is 26.9. The summed E-state index contributed by atoms with van der Waals surface area (Å²) in [5.41, 5.74) is 0. The van der Waals surface area contributed by atoms with Crippen LogP contribution in [0, 0.1) is 0 Å². The highest BCUT2D eigenvalue weighted by atomic mass is 16.6. The molecule has 50 heavy (non-hydrogen) atoms. The fourth-order valence-corrected chi connectivity index (χ4v) is 5.59. The number of carbonyl (C=O) groups excluding carboxylic acids is 3. The number of unbranched alkanes of at least 4 members (excludes halogenated alkanes) is 13. The molecule has 1 aliphatic heterocycles. The Kier molecular flexibility index (Phi) is 31.7. The highest BCUT2D eigenvalue weighted by Gasteiger charge is 2.39. The van der Waals surface area contributed by atoms with Crippen molar-refractivity contribution in [3.63, 3.8) is 0 Å². The van der Waals surface area contributed by atoms with E-state index < -0.39 is 6.10 Å². The molecule has 0 aromatic rings. The maximum Gasteiger partial charge on any atom is 0.305 e. The molecule has 3 unspecified atom stereocenters. The number of hydrogen-bond donors (Lipinski definition) is 0. The molecule has 294 valence electrons. The monoisotopic (exact) mass is 717 g/mol. The van der Waals surface area contributed by atoms with Crippen molar-refractivity contribution in [1.29, 1.82) is 0 Å². The van der Waals surface area contributed by atoms with Gasteiger partial charge in [-0.15, -0.1) is 0 Å². The first kappa shape index (κ1) is 46.2. The first-order chi connectivity index (χ1) is 24.5. The molecule has 11 heteroatoms. The Hall–Kier alpha value is -1.79. The zero-order valence-electron chi connectivity index (χ0n) is 31.9. The lowest BCUT2D eigenvalue weighted by Gasteiger charge is -2.23. The van der Waals surface area contributed by atoms with Crippen LogP contribution in [0.2, 0.25) is 0 Å². The van der Waals surface area contributed by atoms with E-state index in [0.717, 1.165) is 64.2 Å². The van der Waals surface area contributed by atoms with Crippen molar-refractivity contribution in [3.8, 4) is 0 Å². The van der Waals surface area contributed by atoms with Gasteiger partial charge in [0.15, 0.2) is 0 Å². The molecule has 1 saturated heterocycles. The minimum Gasteiger partial charge on any atom is -0.466 e. The van der Waals surface area contributed by atoms with Gasteiger partial charge in [-0.3, -0.25) is 14.4 Å². The van der Waals surface area contributed by atoms with E-state index in [9.17, 15) is 14.4 Å². The summed E-state index contributed by atoms with van der Waals surface area (Å²) < 4.78 is 45.1. The summed E-state index contributed by atoms with van der Waals surface area (Å²) >= 11 is 0. The molecule has 0 spiro atoms.